The third-order valence-electron chi connectivity index (χ3n) is 8.23. The first-order valence-corrected chi connectivity index (χ1v) is 14.9. The van der Waals surface area contributed by atoms with E-state index in [0.717, 1.165) is 10.5 Å². The van der Waals surface area contributed by atoms with E-state index in [2.05, 4.69) is 10.5 Å². The Bertz CT molecular complexity index is 1260. The van der Waals surface area contributed by atoms with Gasteiger partial charge in [-0.2, -0.15) is 5.06 Å². The van der Waals surface area contributed by atoms with Crippen LogP contribution in [0.3, 0.4) is 0 Å². The minimum atomic E-state index is -1.50. The number of nitrogens with zero attached hydrogens (tertiary/aromatic N) is 5. The Hall–Kier alpha value is -3.91. The van der Waals surface area contributed by atoms with E-state index in [1.165, 1.54) is 9.96 Å². The Kier molecular flexibility index (Phi) is 9.74. The SMILES string of the molecule is CC(C)(C)C1CC(ONC(=O)[C@@H]2CC[C@@H]3CN2C(=O)N3OCc2ccccc2)CCN1C(=NC(=O)O)N(C(=O)O)C(C)(C)C. The normalized spacial score (nSPS) is 24.4. The van der Waals surface area contributed by atoms with Crippen molar-refractivity contribution in [2.75, 3.05) is 13.1 Å². The van der Waals surface area contributed by atoms with Gasteiger partial charge in [-0.1, -0.05) is 51.1 Å². The Morgan fingerprint density at radius 3 is 2.32 bits per heavy atom. The van der Waals surface area contributed by atoms with Crippen LogP contribution in [0.5, 0.6) is 0 Å². The first kappa shape index (κ1) is 33.0. The van der Waals surface area contributed by atoms with Crippen LogP contribution in [0.4, 0.5) is 14.4 Å². The second-order valence-corrected chi connectivity index (χ2v) is 13.6. The van der Waals surface area contributed by atoms with Crippen LogP contribution < -0.4 is 5.48 Å². The van der Waals surface area contributed by atoms with Crippen LogP contribution in [0.2, 0.25) is 0 Å². The number of carbonyl (C=O) groups excluding carboxylic acids is 2. The number of amides is 5. The quantitative estimate of drug-likeness (QED) is 0.242. The number of carbonyl (C=O) groups is 4. The van der Waals surface area contributed by atoms with Crippen LogP contribution in [0.25, 0.3) is 0 Å². The topological polar surface area (TPSA) is 165 Å². The number of aliphatic imine (C=N–C) groups is 1. The van der Waals surface area contributed by atoms with Crippen molar-refractivity contribution in [3.05, 3.63) is 35.9 Å². The molecular formula is C30H44N6O8. The number of urea groups is 1. The summed E-state index contributed by atoms with van der Waals surface area (Å²) in [5, 5.41) is 20.9. The summed E-state index contributed by atoms with van der Waals surface area (Å²) in [5.41, 5.74) is 2.12. The largest absolute Gasteiger partial charge is 0.465 e. The van der Waals surface area contributed by atoms with Gasteiger partial charge in [0.15, 0.2) is 0 Å². The molecule has 3 saturated heterocycles. The van der Waals surface area contributed by atoms with Crippen LogP contribution in [-0.2, 0) is 21.1 Å². The van der Waals surface area contributed by atoms with Gasteiger partial charge >= 0.3 is 18.2 Å². The summed E-state index contributed by atoms with van der Waals surface area (Å²) < 4.78 is 0. The lowest BCUT2D eigenvalue weighted by Crippen LogP contribution is -2.62. The molecule has 4 atom stereocenters. The second-order valence-electron chi connectivity index (χ2n) is 13.6. The molecule has 3 aliphatic rings. The number of hydroxylamine groups is 3. The van der Waals surface area contributed by atoms with Crippen molar-refractivity contribution in [2.45, 2.75) is 104 Å². The summed E-state index contributed by atoms with van der Waals surface area (Å²) in [6.07, 6.45) is -1.42. The van der Waals surface area contributed by atoms with Gasteiger partial charge in [-0.25, -0.2) is 24.8 Å². The predicted octanol–water partition coefficient (Wildman–Crippen LogP) is 4.13. The molecule has 3 heterocycles. The number of guanidine groups is 1. The molecule has 3 aliphatic heterocycles. The minimum absolute atomic E-state index is 0.131. The first-order valence-electron chi connectivity index (χ1n) is 14.9. The van der Waals surface area contributed by atoms with E-state index in [1.54, 1.807) is 25.7 Å². The highest BCUT2D eigenvalue weighted by molar-refractivity contribution is 5.99. The molecule has 2 unspecified atom stereocenters. The molecule has 5 amide bonds. The zero-order valence-corrected chi connectivity index (χ0v) is 26.2. The first-order chi connectivity index (χ1) is 20.6. The molecule has 4 rings (SSSR count). The maximum atomic E-state index is 13.3. The van der Waals surface area contributed by atoms with Gasteiger partial charge in [0.25, 0.3) is 5.91 Å². The van der Waals surface area contributed by atoms with Crippen LogP contribution >= 0.6 is 0 Å². The summed E-state index contributed by atoms with van der Waals surface area (Å²) in [6.45, 7) is 11.8. The number of fused-ring (bicyclic) bond motifs is 2. The Morgan fingerprint density at radius 2 is 1.73 bits per heavy atom. The zero-order valence-electron chi connectivity index (χ0n) is 26.2. The fraction of sp³-hybridized carbons (Fsp3) is 0.633. The molecule has 0 aromatic heterocycles. The van der Waals surface area contributed by atoms with Crippen molar-refractivity contribution in [2.24, 2.45) is 10.4 Å². The van der Waals surface area contributed by atoms with Gasteiger partial charge in [0.2, 0.25) is 5.96 Å². The molecule has 3 fully saturated rings. The highest BCUT2D eigenvalue weighted by Crippen LogP contribution is 2.35. The standard InChI is InChI=1S/C30H44N6O8/c1-29(2,3)23-16-21(14-15-33(23)25(31-26(38)39)35(28(41)42)30(4,5)6)44-32-24(37)22-13-12-20-17-34(22)27(40)36(20)43-18-19-10-8-7-9-11-19/h7-11,20-23H,12-18H2,1-6H3,(H,32,37)(H,38,39)(H,41,42)/t20-,21?,22+,23?/m1/s1. The number of piperidine rings is 2. The second kappa shape index (κ2) is 13.0. The summed E-state index contributed by atoms with van der Waals surface area (Å²) >= 11 is 0. The van der Waals surface area contributed by atoms with E-state index in [1.807, 2.05) is 51.1 Å². The molecule has 242 valence electrons. The summed E-state index contributed by atoms with van der Waals surface area (Å²) in [4.78, 5) is 70.0. The third kappa shape index (κ3) is 7.41. The molecule has 0 spiro atoms. The molecule has 0 radical (unpaired) electrons. The monoisotopic (exact) mass is 616 g/mol. The van der Waals surface area contributed by atoms with Crippen molar-refractivity contribution in [3.8, 4) is 0 Å². The van der Waals surface area contributed by atoms with E-state index in [-0.39, 0.29) is 37.2 Å². The number of rotatable bonds is 6. The molecule has 3 N–H and O–H groups in total. The van der Waals surface area contributed by atoms with E-state index in [4.69, 9.17) is 9.68 Å². The van der Waals surface area contributed by atoms with E-state index in [9.17, 15) is 29.4 Å². The Morgan fingerprint density at radius 1 is 1.05 bits per heavy atom. The Labute approximate surface area is 257 Å². The fourth-order valence-corrected chi connectivity index (χ4v) is 6.10. The van der Waals surface area contributed by atoms with Gasteiger partial charge in [0.1, 0.15) is 12.6 Å². The summed E-state index contributed by atoms with van der Waals surface area (Å²) in [5.74, 6) is -0.586. The molecule has 0 saturated carbocycles. The number of likely N-dealkylation sites (tertiary alicyclic amines) is 1. The maximum Gasteiger partial charge on any atom is 0.434 e. The van der Waals surface area contributed by atoms with Crippen molar-refractivity contribution in [3.63, 3.8) is 0 Å². The van der Waals surface area contributed by atoms with Crippen LogP contribution in [-0.4, -0.2) is 103 Å². The molecule has 0 aliphatic carbocycles. The summed E-state index contributed by atoms with van der Waals surface area (Å²) in [7, 11) is 0. The Balaban J connectivity index is 1.40. The fourth-order valence-electron chi connectivity index (χ4n) is 6.10. The van der Waals surface area contributed by atoms with Gasteiger partial charge in [-0.3, -0.25) is 14.5 Å². The number of hydrogen-bond donors (Lipinski definition) is 3. The molecule has 2 bridgehead atoms. The zero-order chi connectivity index (χ0) is 32.4. The third-order valence-corrected chi connectivity index (χ3v) is 8.23. The van der Waals surface area contributed by atoms with Crippen LogP contribution in [0.1, 0.15) is 72.8 Å². The number of benzene rings is 1. The number of nitrogens with one attached hydrogen (secondary N) is 1. The molecule has 1 aromatic carbocycles. The number of hydrogen-bond acceptors (Lipinski definition) is 6. The lowest BCUT2D eigenvalue weighted by atomic mass is 9.79. The van der Waals surface area contributed by atoms with Crippen molar-refractivity contribution in [1.29, 1.82) is 0 Å². The lowest BCUT2D eigenvalue weighted by molar-refractivity contribution is -0.148. The molecule has 14 nitrogen and oxygen atoms in total. The molecule has 1 aromatic rings. The molecule has 14 heteroatoms. The van der Waals surface area contributed by atoms with Gasteiger partial charge in [-0.05, 0) is 57.4 Å². The van der Waals surface area contributed by atoms with Crippen molar-refractivity contribution < 1.29 is 39.1 Å². The van der Waals surface area contributed by atoms with Gasteiger partial charge < -0.3 is 20.0 Å². The maximum absolute atomic E-state index is 13.3. The summed E-state index contributed by atoms with van der Waals surface area (Å²) in [6, 6.07) is 8.00. The van der Waals surface area contributed by atoms with Crippen molar-refractivity contribution in [1.82, 2.24) is 25.2 Å². The van der Waals surface area contributed by atoms with E-state index in [0.29, 0.717) is 32.2 Å². The number of carboxylic acid groups (broad SMARTS) is 2. The van der Waals surface area contributed by atoms with Gasteiger partial charge in [-0.15, -0.1) is 4.99 Å². The average Bonchev–Trinajstić information content (AvgIpc) is 3.17. The smallest absolute Gasteiger partial charge is 0.434 e. The average molecular weight is 617 g/mol. The van der Waals surface area contributed by atoms with Crippen LogP contribution in [0, 0.1) is 5.41 Å². The van der Waals surface area contributed by atoms with Gasteiger partial charge in [0, 0.05) is 24.7 Å². The van der Waals surface area contributed by atoms with Crippen LogP contribution in [0.15, 0.2) is 35.3 Å². The lowest BCUT2D eigenvalue weighted by Gasteiger charge is -2.49. The minimum Gasteiger partial charge on any atom is -0.465 e. The van der Waals surface area contributed by atoms with Crippen molar-refractivity contribution >= 4 is 30.1 Å². The van der Waals surface area contributed by atoms with Gasteiger partial charge in [0.05, 0.1) is 12.1 Å². The van der Waals surface area contributed by atoms with E-state index >= 15 is 0 Å². The van der Waals surface area contributed by atoms with E-state index < -0.39 is 41.2 Å². The highest BCUT2D eigenvalue weighted by Gasteiger charge is 2.48. The predicted molar refractivity (Wildman–Crippen MR) is 159 cm³/mol. The highest BCUT2D eigenvalue weighted by atomic mass is 16.7. The molecule has 44 heavy (non-hydrogen) atoms. The molecular weight excluding hydrogens is 572 g/mol.